The van der Waals surface area contributed by atoms with Crippen LogP contribution in [0.2, 0.25) is 5.02 Å². The van der Waals surface area contributed by atoms with Crippen molar-refractivity contribution in [2.24, 2.45) is 0 Å². The maximum Gasteiger partial charge on any atom is 0.272 e. The number of carbonyl (C=O) groups excluding carboxylic acids is 1. The van der Waals surface area contributed by atoms with Crippen molar-refractivity contribution >= 4 is 23.2 Å². The van der Waals surface area contributed by atoms with E-state index in [0.717, 1.165) is 13.1 Å². The van der Waals surface area contributed by atoms with Gasteiger partial charge in [0.15, 0.2) is 0 Å². The predicted molar refractivity (Wildman–Crippen MR) is 133 cm³/mol. The molecule has 4 aromatic rings. The van der Waals surface area contributed by atoms with Gasteiger partial charge in [-0.2, -0.15) is 5.10 Å². The Kier molecular flexibility index (Phi) is 6.07. The standard InChI is InChI=1S/C27H24ClFN4O/c1-19-6-2-5-9-25(19)31-14-16-32(17-15-31)27(34)26-18-24(22-7-3-4-8-23(22)29)30-33(26)21-12-10-20(28)11-13-21/h2-13,18H,14-17H2,1H3. The summed E-state index contributed by atoms with van der Waals surface area (Å²) >= 11 is 6.06. The van der Waals surface area contributed by atoms with Gasteiger partial charge >= 0.3 is 0 Å². The highest BCUT2D eigenvalue weighted by Gasteiger charge is 2.27. The van der Waals surface area contributed by atoms with Crippen molar-refractivity contribution in [2.45, 2.75) is 6.92 Å². The number of aromatic nitrogens is 2. The molecule has 5 rings (SSSR count). The van der Waals surface area contributed by atoms with Crippen molar-refractivity contribution in [1.29, 1.82) is 0 Å². The molecule has 1 fully saturated rings. The second kappa shape index (κ2) is 9.31. The summed E-state index contributed by atoms with van der Waals surface area (Å²) in [5.74, 6) is -0.511. The van der Waals surface area contributed by atoms with Gasteiger partial charge in [0, 0.05) is 42.5 Å². The Hall–Kier alpha value is -3.64. The predicted octanol–water partition coefficient (Wildman–Crippen LogP) is 5.60. The summed E-state index contributed by atoms with van der Waals surface area (Å²) in [6.45, 7) is 4.77. The molecule has 0 N–H and O–H groups in total. The van der Waals surface area contributed by atoms with Crippen LogP contribution in [-0.4, -0.2) is 46.8 Å². The molecule has 0 saturated carbocycles. The van der Waals surface area contributed by atoms with Gasteiger partial charge in [-0.05, 0) is 61.0 Å². The fourth-order valence-corrected chi connectivity index (χ4v) is 4.47. The number of benzene rings is 3. The molecule has 1 aliphatic heterocycles. The van der Waals surface area contributed by atoms with Gasteiger partial charge in [0.2, 0.25) is 0 Å². The summed E-state index contributed by atoms with van der Waals surface area (Å²) in [5, 5.41) is 5.20. The Morgan fingerprint density at radius 3 is 2.29 bits per heavy atom. The van der Waals surface area contributed by atoms with Crippen molar-refractivity contribution in [3.05, 3.63) is 101 Å². The van der Waals surface area contributed by atoms with Crippen LogP contribution in [0.1, 0.15) is 16.1 Å². The van der Waals surface area contributed by atoms with Crippen molar-refractivity contribution in [2.75, 3.05) is 31.1 Å². The molecule has 172 valence electrons. The number of rotatable bonds is 4. The molecule has 1 amide bonds. The molecule has 3 aromatic carbocycles. The Labute approximate surface area is 203 Å². The van der Waals surface area contributed by atoms with Gasteiger partial charge in [0.05, 0.1) is 11.4 Å². The zero-order valence-electron chi connectivity index (χ0n) is 18.8. The summed E-state index contributed by atoms with van der Waals surface area (Å²) in [6.07, 6.45) is 0. The molecule has 5 nitrogen and oxygen atoms in total. The second-order valence-electron chi connectivity index (χ2n) is 8.35. The summed E-state index contributed by atoms with van der Waals surface area (Å²) in [7, 11) is 0. The summed E-state index contributed by atoms with van der Waals surface area (Å²) in [6, 6.07) is 23.5. The van der Waals surface area contributed by atoms with Gasteiger partial charge in [-0.25, -0.2) is 9.07 Å². The molecule has 0 bridgehead atoms. The van der Waals surface area contributed by atoms with E-state index in [0.29, 0.717) is 40.8 Å². The molecule has 2 heterocycles. The van der Waals surface area contributed by atoms with Gasteiger partial charge in [-0.1, -0.05) is 41.9 Å². The lowest BCUT2D eigenvalue weighted by atomic mass is 10.1. The molecule has 0 aliphatic carbocycles. The molecule has 0 spiro atoms. The first-order chi connectivity index (χ1) is 16.5. The quantitative estimate of drug-likeness (QED) is 0.386. The Morgan fingerprint density at radius 2 is 1.59 bits per heavy atom. The van der Waals surface area contributed by atoms with Crippen molar-refractivity contribution in [1.82, 2.24) is 14.7 Å². The molecule has 1 aromatic heterocycles. The van der Waals surface area contributed by atoms with Crippen LogP contribution in [0.4, 0.5) is 10.1 Å². The number of hydrogen-bond donors (Lipinski definition) is 0. The highest BCUT2D eigenvalue weighted by Crippen LogP contribution is 2.27. The van der Waals surface area contributed by atoms with E-state index >= 15 is 0 Å². The summed E-state index contributed by atoms with van der Waals surface area (Å²) in [4.78, 5) is 17.8. The number of nitrogens with zero attached hydrogens (tertiary/aromatic N) is 4. The van der Waals surface area contributed by atoms with Crippen molar-refractivity contribution < 1.29 is 9.18 Å². The summed E-state index contributed by atoms with van der Waals surface area (Å²) in [5.41, 5.74) is 4.27. The van der Waals surface area contributed by atoms with Crippen LogP contribution >= 0.6 is 11.6 Å². The largest absolute Gasteiger partial charge is 0.368 e. The van der Waals surface area contributed by atoms with E-state index in [-0.39, 0.29) is 11.7 Å². The molecular weight excluding hydrogens is 451 g/mol. The topological polar surface area (TPSA) is 41.4 Å². The average Bonchev–Trinajstić information content (AvgIpc) is 3.30. The van der Waals surface area contributed by atoms with E-state index in [2.05, 4.69) is 29.1 Å². The smallest absolute Gasteiger partial charge is 0.272 e. The van der Waals surface area contributed by atoms with E-state index in [1.54, 1.807) is 53.2 Å². The van der Waals surface area contributed by atoms with E-state index in [1.165, 1.54) is 17.3 Å². The fraction of sp³-hybridized carbons (Fsp3) is 0.185. The number of halogens is 2. The lowest BCUT2D eigenvalue weighted by Crippen LogP contribution is -2.49. The second-order valence-corrected chi connectivity index (χ2v) is 8.79. The van der Waals surface area contributed by atoms with E-state index in [4.69, 9.17) is 11.6 Å². The minimum atomic E-state index is -0.380. The number of amides is 1. The first kappa shape index (κ1) is 22.2. The van der Waals surface area contributed by atoms with E-state index in [9.17, 15) is 9.18 Å². The third-order valence-electron chi connectivity index (χ3n) is 6.17. The van der Waals surface area contributed by atoms with Gasteiger partial charge in [0.25, 0.3) is 5.91 Å². The maximum absolute atomic E-state index is 14.5. The van der Waals surface area contributed by atoms with Crippen LogP contribution < -0.4 is 4.90 Å². The minimum Gasteiger partial charge on any atom is -0.368 e. The van der Waals surface area contributed by atoms with Crippen LogP contribution in [0, 0.1) is 12.7 Å². The zero-order valence-corrected chi connectivity index (χ0v) is 19.5. The van der Waals surface area contributed by atoms with Gasteiger partial charge < -0.3 is 9.80 Å². The van der Waals surface area contributed by atoms with Crippen LogP contribution in [0.25, 0.3) is 16.9 Å². The lowest BCUT2D eigenvalue weighted by molar-refractivity contribution is 0.0737. The van der Waals surface area contributed by atoms with Gasteiger partial charge in [0.1, 0.15) is 11.5 Å². The highest BCUT2D eigenvalue weighted by molar-refractivity contribution is 6.30. The Balaban J connectivity index is 1.45. The van der Waals surface area contributed by atoms with Crippen molar-refractivity contribution in [3.8, 4) is 16.9 Å². The SMILES string of the molecule is Cc1ccccc1N1CCN(C(=O)c2cc(-c3ccccc3F)nn2-c2ccc(Cl)cc2)CC1. The molecule has 0 unspecified atom stereocenters. The number of carbonyl (C=O) groups is 1. The number of hydrogen-bond acceptors (Lipinski definition) is 3. The van der Waals surface area contributed by atoms with Crippen LogP contribution in [-0.2, 0) is 0 Å². The molecule has 1 aliphatic rings. The summed E-state index contributed by atoms with van der Waals surface area (Å²) < 4.78 is 16.1. The molecule has 1 saturated heterocycles. The van der Waals surface area contributed by atoms with Crippen LogP contribution in [0.5, 0.6) is 0 Å². The van der Waals surface area contributed by atoms with Crippen LogP contribution in [0.15, 0.2) is 78.9 Å². The number of piperazine rings is 1. The highest BCUT2D eigenvalue weighted by atomic mass is 35.5. The zero-order chi connectivity index (χ0) is 23.7. The molecule has 0 radical (unpaired) electrons. The van der Waals surface area contributed by atoms with Crippen LogP contribution in [0.3, 0.4) is 0 Å². The third kappa shape index (κ3) is 4.29. The lowest BCUT2D eigenvalue weighted by Gasteiger charge is -2.36. The third-order valence-corrected chi connectivity index (χ3v) is 6.42. The first-order valence-corrected chi connectivity index (χ1v) is 11.6. The van der Waals surface area contributed by atoms with Gasteiger partial charge in [-0.15, -0.1) is 0 Å². The molecule has 34 heavy (non-hydrogen) atoms. The average molecular weight is 475 g/mol. The molecule has 0 atom stereocenters. The first-order valence-electron chi connectivity index (χ1n) is 11.2. The minimum absolute atomic E-state index is 0.130. The normalized spacial score (nSPS) is 13.9. The number of aryl methyl sites for hydroxylation is 1. The monoisotopic (exact) mass is 474 g/mol. The Morgan fingerprint density at radius 1 is 0.912 bits per heavy atom. The molecule has 7 heteroatoms. The fourth-order valence-electron chi connectivity index (χ4n) is 4.34. The number of anilines is 1. The number of para-hydroxylation sites is 1. The van der Waals surface area contributed by atoms with E-state index < -0.39 is 0 Å². The maximum atomic E-state index is 14.5. The molecular formula is C27H24ClFN4O. The van der Waals surface area contributed by atoms with Crippen molar-refractivity contribution in [3.63, 3.8) is 0 Å². The van der Waals surface area contributed by atoms with E-state index in [1.807, 2.05) is 17.0 Å². The van der Waals surface area contributed by atoms with Gasteiger partial charge in [-0.3, -0.25) is 4.79 Å². The Bertz CT molecular complexity index is 1330.